The minimum atomic E-state index is -0.426. The summed E-state index contributed by atoms with van der Waals surface area (Å²) in [5.74, 6) is 0.464. The normalized spacial score (nSPS) is 21.4. The van der Waals surface area contributed by atoms with Crippen LogP contribution >= 0.6 is 23.8 Å². The molecular formula is C16H24ClFN3S+. The molecule has 1 saturated heterocycles. The number of rotatable bonds is 5. The first kappa shape index (κ1) is 17.4. The first-order chi connectivity index (χ1) is 10.5. The molecule has 0 aromatic heterocycles. The standard InChI is InChI=1S/C16H23ClFN3S/c1-12-5-9-21(10-6-12)8-2-7-19-16(22)20-13-3-4-15(18)14(17)11-13/h3-4,11-12H,2,5-10H2,1H3,(H2,19,20,22)/p+1. The molecular weight excluding hydrogens is 321 g/mol. The van der Waals surface area contributed by atoms with Gasteiger partial charge >= 0.3 is 0 Å². The molecule has 3 N–H and O–H groups in total. The highest BCUT2D eigenvalue weighted by atomic mass is 35.5. The molecule has 1 heterocycles. The minimum absolute atomic E-state index is 0.0933. The number of piperidine rings is 1. The van der Waals surface area contributed by atoms with Gasteiger partial charge in [-0.2, -0.15) is 0 Å². The van der Waals surface area contributed by atoms with Crippen LogP contribution in [0, 0.1) is 11.7 Å². The SMILES string of the molecule is CC1CC[NH+](CCCNC(=S)Nc2ccc(F)c(Cl)c2)CC1. The van der Waals surface area contributed by atoms with Crippen LogP contribution in [0.15, 0.2) is 18.2 Å². The van der Waals surface area contributed by atoms with Crippen molar-refractivity contribution in [3.63, 3.8) is 0 Å². The fourth-order valence-electron chi connectivity index (χ4n) is 2.71. The maximum Gasteiger partial charge on any atom is 0.170 e. The number of halogens is 2. The molecule has 0 saturated carbocycles. The fourth-order valence-corrected chi connectivity index (χ4v) is 3.11. The largest absolute Gasteiger partial charge is 0.362 e. The van der Waals surface area contributed by atoms with Crippen molar-refractivity contribution in [3.05, 3.63) is 29.0 Å². The van der Waals surface area contributed by atoms with Gasteiger partial charge in [0.2, 0.25) is 0 Å². The first-order valence-corrected chi connectivity index (χ1v) is 8.66. The quantitative estimate of drug-likeness (QED) is 0.566. The molecule has 0 bridgehead atoms. The third kappa shape index (κ3) is 5.71. The highest BCUT2D eigenvalue weighted by molar-refractivity contribution is 7.80. The van der Waals surface area contributed by atoms with Crippen LogP contribution < -0.4 is 15.5 Å². The molecule has 1 aliphatic rings. The number of likely N-dealkylation sites (tertiary alicyclic amines) is 1. The lowest BCUT2D eigenvalue weighted by molar-refractivity contribution is -0.906. The topological polar surface area (TPSA) is 28.5 Å². The van der Waals surface area contributed by atoms with Crippen LogP contribution in [0.25, 0.3) is 0 Å². The van der Waals surface area contributed by atoms with Crippen molar-refractivity contribution in [2.75, 3.05) is 31.5 Å². The lowest BCUT2D eigenvalue weighted by Crippen LogP contribution is -3.13. The molecule has 0 spiro atoms. The molecule has 122 valence electrons. The van der Waals surface area contributed by atoms with Crippen molar-refractivity contribution in [3.8, 4) is 0 Å². The van der Waals surface area contributed by atoms with Crippen molar-refractivity contribution in [1.29, 1.82) is 0 Å². The lowest BCUT2D eigenvalue weighted by Gasteiger charge is -2.27. The van der Waals surface area contributed by atoms with Crippen LogP contribution in [0.3, 0.4) is 0 Å². The van der Waals surface area contributed by atoms with E-state index in [-0.39, 0.29) is 5.02 Å². The van der Waals surface area contributed by atoms with Gasteiger partial charge in [0.05, 0.1) is 24.7 Å². The Hall–Kier alpha value is -0.910. The molecule has 6 heteroatoms. The zero-order valence-corrected chi connectivity index (χ0v) is 14.5. The second-order valence-electron chi connectivity index (χ2n) is 6.05. The molecule has 0 aliphatic carbocycles. The summed E-state index contributed by atoms with van der Waals surface area (Å²) in [6, 6.07) is 4.48. The van der Waals surface area contributed by atoms with E-state index in [1.807, 2.05) is 0 Å². The van der Waals surface area contributed by atoms with E-state index in [2.05, 4.69) is 17.6 Å². The van der Waals surface area contributed by atoms with Crippen molar-refractivity contribution >= 4 is 34.6 Å². The summed E-state index contributed by atoms with van der Waals surface area (Å²) in [6.07, 6.45) is 3.78. The maximum absolute atomic E-state index is 13.1. The Bertz CT molecular complexity index is 504. The average molecular weight is 345 g/mol. The molecule has 3 nitrogen and oxygen atoms in total. The van der Waals surface area contributed by atoms with Gasteiger partial charge in [0, 0.05) is 18.7 Å². The monoisotopic (exact) mass is 344 g/mol. The van der Waals surface area contributed by atoms with Gasteiger partial charge in [-0.1, -0.05) is 18.5 Å². The van der Waals surface area contributed by atoms with Gasteiger partial charge < -0.3 is 15.5 Å². The number of nitrogens with one attached hydrogen (secondary N) is 3. The van der Waals surface area contributed by atoms with Crippen molar-refractivity contribution in [2.45, 2.75) is 26.2 Å². The van der Waals surface area contributed by atoms with Crippen LogP contribution in [0.5, 0.6) is 0 Å². The summed E-state index contributed by atoms with van der Waals surface area (Å²) in [5, 5.41) is 6.84. The molecule has 1 fully saturated rings. The van der Waals surface area contributed by atoms with Gasteiger partial charge in [-0.05, 0) is 49.2 Å². The number of quaternary nitrogens is 1. The number of benzene rings is 1. The predicted molar refractivity (Wildman–Crippen MR) is 94.2 cm³/mol. The highest BCUT2D eigenvalue weighted by Crippen LogP contribution is 2.19. The zero-order valence-electron chi connectivity index (χ0n) is 12.9. The summed E-state index contributed by atoms with van der Waals surface area (Å²) in [5.41, 5.74) is 0.694. The maximum atomic E-state index is 13.1. The predicted octanol–water partition coefficient (Wildman–Crippen LogP) is 2.47. The Balaban J connectivity index is 1.62. The summed E-state index contributed by atoms with van der Waals surface area (Å²) in [6.45, 7) is 6.95. The summed E-state index contributed by atoms with van der Waals surface area (Å²) in [7, 11) is 0. The first-order valence-electron chi connectivity index (χ1n) is 7.88. The number of thiocarbonyl (C=S) groups is 1. The van der Waals surface area contributed by atoms with E-state index in [0.717, 1.165) is 18.9 Å². The molecule has 1 aromatic rings. The molecule has 22 heavy (non-hydrogen) atoms. The Labute approximate surface area is 142 Å². The molecule has 2 rings (SSSR count). The molecule has 0 atom stereocenters. The zero-order chi connectivity index (χ0) is 15.9. The number of hydrogen-bond donors (Lipinski definition) is 3. The Morgan fingerprint density at radius 3 is 2.82 bits per heavy atom. The van der Waals surface area contributed by atoms with E-state index < -0.39 is 5.82 Å². The Morgan fingerprint density at radius 2 is 2.14 bits per heavy atom. The molecule has 1 aliphatic heterocycles. The minimum Gasteiger partial charge on any atom is -0.362 e. The molecule has 1 aromatic carbocycles. The summed E-state index contributed by atoms with van der Waals surface area (Å²) < 4.78 is 13.1. The molecule has 0 radical (unpaired) electrons. The van der Waals surface area contributed by atoms with Gasteiger partial charge in [-0.25, -0.2) is 4.39 Å². The third-order valence-electron chi connectivity index (χ3n) is 4.15. The van der Waals surface area contributed by atoms with Crippen molar-refractivity contribution < 1.29 is 9.29 Å². The van der Waals surface area contributed by atoms with E-state index in [1.165, 1.54) is 44.6 Å². The van der Waals surface area contributed by atoms with Gasteiger partial charge in [0.15, 0.2) is 5.11 Å². The second kappa shape index (κ2) is 8.65. The third-order valence-corrected chi connectivity index (χ3v) is 4.69. The van der Waals surface area contributed by atoms with Gasteiger partial charge in [0.1, 0.15) is 5.82 Å². The molecule has 0 unspecified atom stereocenters. The summed E-state index contributed by atoms with van der Waals surface area (Å²) in [4.78, 5) is 1.70. The van der Waals surface area contributed by atoms with Gasteiger partial charge in [-0.15, -0.1) is 0 Å². The smallest absolute Gasteiger partial charge is 0.170 e. The fraction of sp³-hybridized carbons (Fsp3) is 0.562. The van der Waals surface area contributed by atoms with Gasteiger partial charge in [-0.3, -0.25) is 0 Å². The van der Waals surface area contributed by atoms with Crippen LogP contribution in [0.4, 0.5) is 10.1 Å². The van der Waals surface area contributed by atoms with E-state index in [9.17, 15) is 4.39 Å². The number of hydrogen-bond acceptors (Lipinski definition) is 1. The van der Waals surface area contributed by atoms with Crippen LogP contribution in [-0.4, -0.2) is 31.3 Å². The Morgan fingerprint density at radius 1 is 1.41 bits per heavy atom. The van der Waals surface area contributed by atoms with Crippen LogP contribution in [-0.2, 0) is 0 Å². The van der Waals surface area contributed by atoms with Crippen molar-refractivity contribution in [1.82, 2.24) is 5.32 Å². The summed E-state index contributed by atoms with van der Waals surface area (Å²) >= 11 is 11.0. The van der Waals surface area contributed by atoms with E-state index in [0.29, 0.717) is 10.8 Å². The highest BCUT2D eigenvalue weighted by Gasteiger charge is 2.17. The Kier molecular flexibility index (Phi) is 6.86. The number of anilines is 1. The lowest BCUT2D eigenvalue weighted by atomic mass is 9.99. The van der Waals surface area contributed by atoms with Crippen molar-refractivity contribution in [2.24, 2.45) is 5.92 Å². The van der Waals surface area contributed by atoms with E-state index in [1.54, 1.807) is 11.0 Å². The van der Waals surface area contributed by atoms with Crippen LogP contribution in [0.2, 0.25) is 5.02 Å². The van der Waals surface area contributed by atoms with Gasteiger partial charge in [0.25, 0.3) is 0 Å². The molecule has 0 amide bonds. The van der Waals surface area contributed by atoms with E-state index >= 15 is 0 Å². The second-order valence-corrected chi connectivity index (χ2v) is 6.86. The van der Waals surface area contributed by atoms with Crippen LogP contribution in [0.1, 0.15) is 26.2 Å². The average Bonchev–Trinajstić information content (AvgIpc) is 2.49. The van der Waals surface area contributed by atoms with E-state index in [4.69, 9.17) is 23.8 Å².